The molecule has 6 nitrogen and oxygen atoms in total. The second-order valence-electron chi connectivity index (χ2n) is 5.22. The van der Waals surface area contributed by atoms with Crippen molar-refractivity contribution in [2.24, 2.45) is 0 Å². The number of carbonyl (C=O) groups is 1. The molecule has 0 fully saturated rings. The fourth-order valence-electron chi connectivity index (χ4n) is 2.09. The van der Waals surface area contributed by atoms with Gasteiger partial charge < -0.3 is 10.2 Å². The van der Waals surface area contributed by atoms with E-state index in [1.807, 2.05) is 0 Å². The van der Waals surface area contributed by atoms with Gasteiger partial charge in [0.2, 0.25) is 10.0 Å². The summed E-state index contributed by atoms with van der Waals surface area (Å²) in [5.41, 5.74) is -0.303. The molecule has 7 heteroatoms. The molecule has 1 aromatic rings. The first-order chi connectivity index (χ1) is 10.4. The molecule has 22 heavy (non-hydrogen) atoms. The quantitative estimate of drug-likeness (QED) is 0.452. The number of nitrogens with one attached hydrogen (secondary N) is 1. The number of hydrogen-bond donors (Lipinski definition) is 3. The first-order valence-electron chi connectivity index (χ1n) is 7.42. The fourth-order valence-corrected chi connectivity index (χ4v) is 3.29. The molecule has 0 radical (unpaired) electrons. The molecule has 0 unspecified atom stereocenters. The van der Waals surface area contributed by atoms with Crippen LogP contribution in [0.3, 0.4) is 0 Å². The third-order valence-electron chi connectivity index (χ3n) is 3.27. The average Bonchev–Trinajstić information content (AvgIpc) is 2.44. The summed E-state index contributed by atoms with van der Waals surface area (Å²) in [5.74, 6) is -1.57. The third-order valence-corrected chi connectivity index (χ3v) is 4.62. The maximum atomic E-state index is 12.0. The van der Waals surface area contributed by atoms with Crippen LogP contribution in [0.1, 0.15) is 55.8 Å². The molecule has 0 bridgehead atoms. The molecule has 0 heterocycles. The summed E-state index contributed by atoms with van der Waals surface area (Å²) in [7, 11) is -3.59. The zero-order chi connectivity index (χ0) is 16.6. The van der Waals surface area contributed by atoms with Crippen LogP contribution in [-0.4, -0.2) is 30.4 Å². The number of phenols is 1. The molecule has 1 aromatic carbocycles. The summed E-state index contributed by atoms with van der Waals surface area (Å²) < 4.78 is 26.2. The monoisotopic (exact) mass is 329 g/mol. The number of carboxylic acid groups (broad SMARTS) is 1. The molecule has 124 valence electrons. The summed E-state index contributed by atoms with van der Waals surface area (Å²) in [4.78, 5) is 11.1. The van der Waals surface area contributed by atoms with E-state index in [1.165, 1.54) is 12.1 Å². The van der Waals surface area contributed by atoms with Gasteiger partial charge in [-0.05, 0) is 24.6 Å². The van der Waals surface area contributed by atoms with Crippen molar-refractivity contribution in [3.05, 3.63) is 23.8 Å². The van der Waals surface area contributed by atoms with Crippen LogP contribution in [0, 0.1) is 0 Å². The second kappa shape index (κ2) is 8.63. The number of sulfonamides is 1. The minimum atomic E-state index is -3.59. The molecule has 1 rings (SSSR count). The number of anilines is 1. The largest absolute Gasteiger partial charge is 0.508 e. The van der Waals surface area contributed by atoms with Gasteiger partial charge in [-0.3, -0.25) is 4.72 Å². The predicted octanol–water partition coefficient (Wildman–Crippen LogP) is 3.19. The van der Waals surface area contributed by atoms with E-state index in [0.29, 0.717) is 6.42 Å². The van der Waals surface area contributed by atoms with Crippen molar-refractivity contribution >= 4 is 21.7 Å². The van der Waals surface area contributed by atoms with Crippen molar-refractivity contribution < 1.29 is 23.4 Å². The molecule has 0 saturated heterocycles. The van der Waals surface area contributed by atoms with Gasteiger partial charge in [-0.15, -0.1) is 0 Å². The van der Waals surface area contributed by atoms with Crippen molar-refractivity contribution in [1.29, 1.82) is 0 Å². The molecule has 0 aliphatic heterocycles. The van der Waals surface area contributed by atoms with Crippen molar-refractivity contribution in [3.8, 4) is 5.75 Å². The van der Waals surface area contributed by atoms with Crippen molar-refractivity contribution in [1.82, 2.24) is 0 Å². The van der Waals surface area contributed by atoms with Gasteiger partial charge in [0.15, 0.2) is 0 Å². The van der Waals surface area contributed by atoms with Crippen molar-refractivity contribution in [2.45, 2.75) is 45.4 Å². The lowest BCUT2D eigenvalue weighted by molar-refractivity contribution is 0.0697. The van der Waals surface area contributed by atoms with Crippen LogP contribution < -0.4 is 4.72 Å². The summed E-state index contributed by atoms with van der Waals surface area (Å²) >= 11 is 0. The summed E-state index contributed by atoms with van der Waals surface area (Å²) in [6, 6.07) is 3.51. The van der Waals surface area contributed by atoms with Gasteiger partial charge in [0, 0.05) is 0 Å². The molecule has 0 aliphatic carbocycles. The molecule has 0 atom stereocenters. The smallest absolute Gasteiger partial charge is 0.337 e. The van der Waals surface area contributed by atoms with Gasteiger partial charge in [-0.2, -0.15) is 0 Å². The topological polar surface area (TPSA) is 104 Å². The van der Waals surface area contributed by atoms with Gasteiger partial charge in [0.1, 0.15) is 5.75 Å². The Balaban J connectivity index is 2.59. The highest BCUT2D eigenvalue weighted by Gasteiger charge is 2.16. The number of hydrogen-bond acceptors (Lipinski definition) is 4. The second-order valence-corrected chi connectivity index (χ2v) is 7.07. The maximum Gasteiger partial charge on any atom is 0.337 e. The number of aromatic hydroxyl groups is 1. The minimum absolute atomic E-state index is 0.0312. The number of unbranched alkanes of at least 4 members (excludes halogenated alkanes) is 5. The minimum Gasteiger partial charge on any atom is -0.508 e. The predicted molar refractivity (Wildman–Crippen MR) is 85.9 cm³/mol. The van der Waals surface area contributed by atoms with Gasteiger partial charge in [-0.25, -0.2) is 13.2 Å². The average molecular weight is 329 g/mol. The van der Waals surface area contributed by atoms with Gasteiger partial charge in [0.25, 0.3) is 0 Å². The Morgan fingerprint density at radius 3 is 2.41 bits per heavy atom. The van der Waals surface area contributed by atoms with E-state index in [0.717, 1.165) is 38.2 Å². The van der Waals surface area contributed by atoms with E-state index in [-0.39, 0.29) is 22.8 Å². The highest BCUT2D eigenvalue weighted by Crippen LogP contribution is 2.22. The normalized spacial score (nSPS) is 11.3. The standard InChI is InChI=1S/C15H23NO5S/c1-2-3-4-5-6-7-10-22(20,21)16-14-9-8-12(17)11-13(14)15(18)19/h8-9,11,16-17H,2-7,10H2,1H3,(H,18,19). The number of benzene rings is 1. The first kappa shape index (κ1) is 18.3. The van der Waals surface area contributed by atoms with Gasteiger partial charge in [0.05, 0.1) is 17.0 Å². The molecule has 3 N–H and O–H groups in total. The molecule has 0 aromatic heterocycles. The Labute approximate surface area is 131 Å². The Hall–Kier alpha value is -1.76. The molecular weight excluding hydrogens is 306 g/mol. The van der Waals surface area contributed by atoms with Gasteiger partial charge in [-0.1, -0.05) is 39.0 Å². The summed E-state index contributed by atoms with van der Waals surface area (Å²) in [6.45, 7) is 2.12. The lowest BCUT2D eigenvalue weighted by Gasteiger charge is -2.10. The summed E-state index contributed by atoms with van der Waals surface area (Å²) in [5, 5.41) is 18.3. The van der Waals surface area contributed by atoms with E-state index in [4.69, 9.17) is 5.11 Å². The van der Waals surface area contributed by atoms with Gasteiger partial charge >= 0.3 is 5.97 Å². The molecule has 0 spiro atoms. The van der Waals surface area contributed by atoms with Crippen LogP contribution >= 0.6 is 0 Å². The number of rotatable bonds is 10. The number of carboxylic acids is 1. The van der Waals surface area contributed by atoms with E-state index in [2.05, 4.69) is 11.6 Å². The third kappa shape index (κ3) is 6.34. The molecule has 0 saturated carbocycles. The fraction of sp³-hybridized carbons (Fsp3) is 0.533. The number of aromatic carboxylic acids is 1. The number of phenolic OH excluding ortho intramolecular Hbond substituents is 1. The van der Waals surface area contributed by atoms with Crippen LogP contribution in [0.4, 0.5) is 5.69 Å². The first-order valence-corrected chi connectivity index (χ1v) is 9.07. The lowest BCUT2D eigenvalue weighted by Crippen LogP contribution is -2.18. The zero-order valence-electron chi connectivity index (χ0n) is 12.7. The SMILES string of the molecule is CCCCCCCCS(=O)(=O)Nc1ccc(O)cc1C(=O)O. The van der Waals surface area contributed by atoms with E-state index in [1.54, 1.807) is 0 Å². The van der Waals surface area contributed by atoms with E-state index >= 15 is 0 Å². The lowest BCUT2D eigenvalue weighted by atomic mass is 10.1. The van der Waals surface area contributed by atoms with Crippen LogP contribution in [0.5, 0.6) is 5.75 Å². The molecule has 0 amide bonds. The Kier molecular flexibility index (Phi) is 7.17. The van der Waals surface area contributed by atoms with Crippen molar-refractivity contribution in [2.75, 3.05) is 10.5 Å². The maximum absolute atomic E-state index is 12.0. The Morgan fingerprint density at radius 2 is 1.77 bits per heavy atom. The summed E-state index contributed by atoms with van der Waals surface area (Å²) in [6.07, 6.45) is 5.77. The highest BCUT2D eigenvalue weighted by molar-refractivity contribution is 7.92. The van der Waals surface area contributed by atoms with Crippen molar-refractivity contribution in [3.63, 3.8) is 0 Å². The van der Waals surface area contributed by atoms with E-state index in [9.17, 15) is 18.3 Å². The van der Waals surface area contributed by atoms with E-state index < -0.39 is 16.0 Å². The molecule has 0 aliphatic rings. The highest BCUT2D eigenvalue weighted by atomic mass is 32.2. The van der Waals surface area contributed by atoms with Crippen LogP contribution in [0.2, 0.25) is 0 Å². The van der Waals surface area contributed by atoms with Crippen LogP contribution in [0.25, 0.3) is 0 Å². The Morgan fingerprint density at radius 1 is 1.14 bits per heavy atom. The van der Waals surface area contributed by atoms with Crippen LogP contribution in [-0.2, 0) is 10.0 Å². The Bertz CT molecular complexity index is 598. The van der Waals surface area contributed by atoms with Crippen LogP contribution in [0.15, 0.2) is 18.2 Å². The zero-order valence-corrected chi connectivity index (χ0v) is 13.5. The molecular formula is C15H23NO5S.